The Hall–Kier alpha value is -0.810. The highest BCUT2D eigenvalue weighted by Gasteiger charge is 2.07. The summed E-state index contributed by atoms with van der Waals surface area (Å²) in [7, 11) is 0. The van der Waals surface area contributed by atoms with Crippen molar-refractivity contribution < 1.29 is 0 Å². The number of rotatable bonds is 3. The SMILES string of the molecule is Cc1csc(NN=Cc2c(Cl)ccc(Cl)c2Cl)n1. The number of hydrogen-bond acceptors (Lipinski definition) is 4. The van der Waals surface area contributed by atoms with Crippen LogP contribution in [0.1, 0.15) is 11.3 Å². The number of hydrazone groups is 1. The van der Waals surface area contributed by atoms with Gasteiger partial charge >= 0.3 is 0 Å². The summed E-state index contributed by atoms with van der Waals surface area (Å²) in [4.78, 5) is 4.21. The zero-order valence-corrected chi connectivity index (χ0v) is 12.3. The third-order valence-corrected chi connectivity index (χ3v) is 4.07. The van der Waals surface area contributed by atoms with Crippen molar-refractivity contribution in [3.63, 3.8) is 0 Å². The van der Waals surface area contributed by atoms with E-state index in [4.69, 9.17) is 34.8 Å². The van der Waals surface area contributed by atoms with E-state index in [1.807, 2.05) is 12.3 Å². The predicted octanol–water partition coefficient (Wildman–Crippen LogP) is 4.86. The minimum absolute atomic E-state index is 0.380. The minimum atomic E-state index is 0.380. The second-order valence-electron chi connectivity index (χ2n) is 3.42. The van der Waals surface area contributed by atoms with Gasteiger partial charge in [0.05, 0.1) is 27.0 Å². The number of aromatic nitrogens is 1. The molecule has 2 aromatic rings. The number of anilines is 1. The molecule has 0 radical (unpaired) electrons. The van der Waals surface area contributed by atoms with Gasteiger partial charge in [0.25, 0.3) is 0 Å². The summed E-state index contributed by atoms with van der Waals surface area (Å²) < 4.78 is 0. The van der Waals surface area contributed by atoms with Gasteiger partial charge in [0.2, 0.25) is 5.13 Å². The van der Waals surface area contributed by atoms with Crippen LogP contribution in [0.15, 0.2) is 22.6 Å². The molecule has 0 unspecified atom stereocenters. The first-order valence-electron chi connectivity index (χ1n) is 4.92. The van der Waals surface area contributed by atoms with Crippen LogP contribution in [-0.4, -0.2) is 11.2 Å². The Morgan fingerprint density at radius 2 is 2.00 bits per heavy atom. The highest BCUT2D eigenvalue weighted by molar-refractivity contribution is 7.13. The standard InChI is InChI=1S/C11H8Cl3N3S/c1-6-5-18-11(16-6)17-15-4-7-8(12)2-3-9(13)10(7)14/h2-5H,1H3,(H,16,17). The van der Waals surface area contributed by atoms with Gasteiger partial charge in [0.1, 0.15) is 0 Å². The van der Waals surface area contributed by atoms with Crippen molar-refractivity contribution in [2.24, 2.45) is 5.10 Å². The molecule has 18 heavy (non-hydrogen) atoms. The smallest absolute Gasteiger partial charge is 0.203 e. The fourth-order valence-corrected chi connectivity index (χ4v) is 2.49. The average Bonchev–Trinajstić information content (AvgIpc) is 2.74. The lowest BCUT2D eigenvalue weighted by Gasteiger charge is -2.02. The molecule has 94 valence electrons. The van der Waals surface area contributed by atoms with Crippen LogP contribution in [-0.2, 0) is 0 Å². The molecule has 0 aliphatic rings. The second-order valence-corrected chi connectivity index (χ2v) is 5.47. The zero-order valence-electron chi connectivity index (χ0n) is 9.25. The molecular weight excluding hydrogens is 313 g/mol. The first-order chi connectivity index (χ1) is 8.58. The normalized spacial score (nSPS) is 11.1. The Morgan fingerprint density at radius 1 is 1.28 bits per heavy atom. The van der Waals surface area contributed by atoms with Gasteiger partial charge < -0.3 is 0 Å². The number of benzene rings is 1. The molecule has 0 aliphatic carbocycles. The van der Waals surface area contributed by atoms with Crippen LogP contribution in [0.4, 0.5) is 5.13 Å². The van der Waals surface area contributed by atoms with Gasteiger partial charge in [0, 0.05) is 10.9 Å². The number of aryl methyl sites for hydroxylation is 1. The molecule has 0 saturated carbocycles. The van der Waals surface area contributed by atoms with Crippen molar-refractivity contribution in [3.05, 3.63) is 43.8 Å². The quantitative estimate of drug-likeness (QED) is 0.498. The monoisotopic (exact) mass is 319 g/mol. The lowest BCUT2D eigenvalue weighted by molar-refractivity contribution is 1.22. The van der Waals surface area contributed by atoms with Crippen molar-refractivity contribution in [2.75, 3.05) is 5.43 Å². The molecule has 1 aromatic carbocycles. The van der Waals surface area contributed by atoms with E-state index in [0.29, 0.717) is 25.8 Å². The number of nitrogens with zero attached hydrogens (tertiary/aromatic N) is 2. The lowest BCUT2D eigenvalue weighted by Crippen LogP contribution is -1.92. The maximum absolute atomic E-state index is 6.04. The first-order valence-corrected chi connectivity index (χ1v) is 6.94. The fourth-order valence-electron chi connectivity index (χ4n) is 1.22. The Morgan fingerprint density at radius 3 is 2.67 bits per heavy atom. The van der Waals surface area contributed by atoms with E-state index in [1.54, 1.807) is 12.1 Å². The number of thiazole rings is 1. The van der Waals surface area contributed by atoms with Gasteiger partial charge in [-0.2, -0.15) is 5.10 Å². The zero-order chi connectivity index (χ0) is 13.1. The van der Waals surface area contributed by atoms with E-state index in [-0.39, 0.29) is 0 Å². The molecular formula is C11H8Cl3N3S. The van der Waals surface area contributed by atoms with Crippen LogP contribution in [0.25, 0.3) is 0 Å². The van der Waals surface area contributed by atoms with Gasteiger partial charge in [0.15, 0.2) is 0 Å². The number of halogens is 3. The Balaban J connectivity index is 2.16. The molecule has 0 atom stereocenters. The summed E-state index contributed by atoms with van der Waals surface area (Å²) in [6.45, 7) is 1.91. The lowest BCUT2D eigenvalue weighted by atomic mass is 10.2. The van der Waals surface area contributed by atoms with Crippen LogP contribution >= 0.6 is 46.1 Å². The molecule has 2 rings (SSSR count). The second kappa shape index (κ2) is 5.89. The number of hydrogen-bond donors (Lipinski definition) is 1. The average molecular weight is 321 g/mol. The molecule has 0 saturated heterocycles. The molecule has 7 heteroatoms. The van der Waals surface area contributed by atoms with Gasteiger partial charge in [-0.05, 0) is 19.1 Å². The maximum atomic E-state index is 6.04. The Labute approximate surface area is 123 Å². The van der Waals surface area contributed by atoms with E-state index in [1.165, 1.54) is 17.6 Å². The van der Waals surface area contributed by atoms with Crippen LogP contribution in [0.3, 0.4) is 0 Å². The van der Waals surface area contributed by atoms with E-state index in [0.717, 1.165) is 5.69 Å². The molecule has 0 aliphatic heterocycles. The van der Waals surface area contributed by atoms with Gasteiger partial charge in [-0.25, -0.2) is 4.98 Å². The molecule has 0 bridgehead atoms. The summed E-state index contributed by atoms with van der Waals surface area (Å²) in [5.74, 6) is 0. The topological polar surface area (TPSA) is 37.3 Å². The molecule has 0 fully saturated rings. The summed E-state index contributed by atoms with van der Waals surface area (Å²) in [6.07, 6.45) is 1.52. The van der Waals surface area contributed by atoms with Crippen LogP contribution in [0, 0.1) is 6.92 Å². The fraction of sp³-hybridized carbons (Fsp3) is 0.0909. The Kier molecular flexibility index (Phi) is 4.45. The molecule has 1 heterocycles. The molecule has 3 nitrogen and oxygen atoms in total. The predicted molar refractivity (Wildman–Crippen MR) is 79.5 cm³/mol. The van der Waals surface area contributed by atoms with Crippen molar-refractivity contribution in [2.45, 2.75) is 6.92 Å². The maximum Gasteiger partial charge on any atom is 0.203 e. The highest BCUT2D eigenvalue weighted by Crippen LogP contribution is 2.30. The van der Waals surface area contributed by atoms with Crippen molar-refractivity contribution in [3.8, 4) is 0 Å². The third-order valence-electron chi connectivity index (χ3n) is 2.05. The highest BCUT2D eigenvalue weighted by atomic mass is 35.5. The Bertz CT molecular complexity index is 595. The van der Waals surface area contributed by atoms with Crippen LogP contribution in [0.5, 0.6) is 0 Å². The largest absolute Gasteiger partial charge is 0.253 e. The summed E-state index contributed by atoms with van der Waals surface area (Å²) in [6, 6.07) is 3.31. The van der Waals surface area contributed by atoms with Crippen LogP contribution < -0.4 is 5.43 Å². The van der Waals surface area contributed by atoms with Gasteiger partial charge in [-0.15, -0.1) is 11.3 Å². The van der Waals surface area contributed by atoms with E-state index >= 15 is 0 Å². The van der Waals surface area contributed by atoms with Crippen molar-refractivity contribution in [1.82, 2.24) is 4.98 Å². The molecule has 1 N–H and O–H groups in total. The van der Waals surface area contributed by atoms with E-state index < -0.39 is 0 Å². The molecule has 1 aromatic heterocycles. The molecule has 0 amide bonds. The molecule has 0 spiro atoms. The summed E-state index contributed by atoms with van der Waals surface area (Å²) in [5, 5.41) is 7.98. The van der Waals surface area contributed by atoms with Gasteiger partial charge in [-0.3, -0.25) is 5.43 Å². The third kappa shape index (κ3) is 3.14. The van der Waals surface area contributed by atoms with Gasteiger partial charge in [-0.1, -0.05) is 34.8 Å². The first kappa shape index (κ1) is 13.6. The summed E-state index contributed by atoms with van der Waals surface area (Å²) in [5.41, 5.74) is 4.32. The minimum Gasteiger partial charge on any atom is -0.253 e. The van der Waals surface area contributed by atoms with Crippen molar-refractivity contribution in [1.29, 1.82) is 0 Å². The van der Waals surface area contributed by atoms with E-state index in [9.17, 15) is 0 Å². The number of nitrogens with one attached hydrogen (secondary N) is 1. The van der Waals surface area contributed by atoms with Crippen LogP contribution in [0.2, 0.25) is 15.1 Å². The van der Waals surface area contributed by atoms with E-state index in [2.05, 4.69) is 15.5 Å². The van der Waals surface area contributed by atoms with Crippen molar-refractivity contribution >= 4 is 57.5 Å². The summed E-state index contributed by atoms with van der Waals surface area (Å²) >= 11 is 19.4.